The van der Waals surface area contributed by atoms with E-state index in [2.05, 4.69) is 22.0 Å². The van der Waals surface area contributed by atoms with E-state index < -0.39 is 0 Å². The molecule has 0 aromatic carbocycles. The summed E-state index contributed by atoms with van der Waals surface area (Å²) < 4.78 is 1.93. The van der Waals surface area contributed by atoms with Gasteiger partial charge in [0.05, 0.1) is 11.6 Å². The Kier molecular flexibility index (Phi) is 7.30. The molecule has 2 aromatic heterocycles. The van der Waals surface area contributed by atoms with E-state index in [0.717, 1.165) is 24.0 Å². The molecule has 2 aromatic rings. The van der Waals surface area contributed by atoms with Crippen molar-refractivity contribution in [2.75, 3.05) is 5.73 Å². The molecule has 6 heteroatoms. The van der Waals surface area contributed by atoms with Crippen LogP contribution in [-0.4, -0.2) is 19.7 Å². The normalized spacial score (nSPS) is 10.7. The highest BCUT2D eigenvalue weighted by atomic mass is 35.5. The van der Waals surface area contributed by atoms with Crippen molar-refractivity contribution in [1.82, 2.24) is 19.7 Å². The van der Waals surface area contributed by atoms with Crippen molar-refractivity contribution < 1.29 is 0 Å². The maximum Gasteiger partial charge on any atom is 0.163 e. The second-order valence-electron chi connectivity index (χ2n) is 4.99. The van der Waals surface area contributed by atoms with Crippen molar-refractivity contribution in [3.05, 3.63) is 12.5 Å². The lowest BCUT2D eigenvalue weighted by molar-refractivity contribution is 0.530. The highest BCUT2D eigenvalue weighted by Crippen LogP contribution is 2.16. The van der Waals surface area contributed by atoms with E-state index in [-0.39, 0.29) is 12.4 Å². The number of anilines is 1. The molecule has 20 heavy (non-hydrogen) atoms. The summed E-state index contributed by atoms with van der Waals surface area (Å²) in [7, 11) is 0. The Hall–Kier alpha value is -1.36. The second-order valence-corrected chi connectivity index (χ2v) is 4.99. The van der Waals surface area contributed by atoms with Crippen molar-refractivity contribution in [3.63, 3.8) is 0 Å². The van der Waals surface area contributed by atoms with Crippen LogP contribution >= 0.6 is 12.4 Å². The number of hydrogen-bond acceptors (Lipinski definition) is 4. The first-order valence-electron chi connectivity index (χ1n) is 7.25. The third-order valence-corrected chi connectivity index (χ3v) is 3.44. The molecule has 5 nitrogen and oxygen atoms in total. The van der Waals surface area contributed by atoms with Gasteiger partial charge in [0.2, 0.25) is 0 Å². The summed E-state index contributed by atoms with van der Waals surface area (Å²) in [5, 5.41) is 5.19. The Labute approximate surface area is 126 Å². The minimum absolute atomic E-state index is 0. The topological polar surface area (TPSA) is 69.6 Å². The van der Waals surface area contributed by atoms with Crippen LogP contribution in [0.5, 0.6) is 0 Å². The number of nitrogens with zero attached hydrogens (tertiary/aromatic N) is 4. The Bertz CT molecular complexity index is 511. The predicted octanol–water partition coefficient (Wildman–Crippen LogP) is 3.58. The van der Waals surface area contributed by atoms with Crippen LogP contribution in [-0.2, 0) is 6.54 Å². The Morgan fingerprint density at radius 1 is 1.05 bits per heavy atom. The lowest BCUT2D eigenvalue weighted by Gasteiger charge is -2.03. The maximum atomic E-state index is 5.79. The molecule has 2 rings (SSSR count). The van der Waals surface area contributed by atoms with Gasteiger partial charge in [-0.2, -0.15) is 5.10 Å². The standard InChI is InChI=1S/C14H23N5.ClH/c1-2-3-4-5-6-7-8-9-19-14-12(10-18-19)13(15)16-11-17-14;/h10-11H,2-9H2,1H3,(H2,15,16,17);1H. The van der Waals surface area contributed by atoms with Crippen LogP contribution in [0.1, 0.15) is 51.9 Å². The van der Waals surface area contributed by atoms with Crippen LogP contribution in [0.15, 0.2) is 12.5 Å². The van der Waals surface area contributed by atoms with Gasteiger partial charge in [-0.15, -0.1) is 12.4 Å². The molecule has 0 radical (unpaired) electrons. The quantitative estimate of drug-likeness (QED) is 0.756. The molecule has 0 aliphatic carbocycles. The zero-order valence-corrected chi connectivity index (χ0v) is 12.9. The van der Waals surface area contributed by atoms with Gasteiger partial charge in [-0.1, -0.05) is 45.4 Å². The number of rotatable bonds is 8. The molecule has 0 saturated heterocycles. The molecule has 2 N–H and O–H groups in total. The zero-order valence-electron chi connectivity index (χ0n) is 12.1. The van der Waals surface area contributed by atoms with Gasteiger partial charge in [0.15, 0.2) is 5.65 Å². The predicted molar refractivity (Wildman–Crippen MR) is 85.0 cm³/mol. The SMILES string of the molecule is CCCCCCCCCn1ncc2c(N)ncnc21.Cl. The average molecular weight is 298 g/mol. The van der Waals surface area contributed by atoms with Gasteiger partial charge in [0.25, 0.3) is 0 Å². The van der Waals surface area contributed by atoms with Gasteiger partial charge in [-0.25, -0.2) is 14.6 Å². The van der Waals surface area contributed by atoms with E-state index in [1.54, 1.807) is 6.20 Å². The van der Waals surface area contributed by atoms with Gasteiger partial charge in [-0.3, -0.25) is 0 Å². The highest BCUT2D eigenvalue weighted by Gasteiger charge is 2.06. The number of aromatic nitrogens is 4. The first-order valence-corrected chi connectivity index (χ1v) is 7.25. The van der Waals surface area contributed by atoms with Gasteiger partial charge < -0.3 is 5.73 Å². The van der Waals surface area contributed by atoms with Gasteiger partial charge >= 0.3 is 0 Å². The molecule has 0 unspecified atom stereocenters. The lowest BCUT2D eigenvalue weighted by atomic mass is 10.1. The molecule has 0 spiro atoms. The minimum Gasteiger partial charge on any atom is -0.383 e. The molecule has 0 atom stereocenters. The molecular formula is C14H24ClN5. The van der Waals surface area contributed by atoms with E-state index in [4.69, 9.17) is 5.73 Å². The lowest BCUT2D eigenvalue weighted by Crippen LogP contribution is -2.02. The summed E-state index contributed by atoms with van der Waals surface area (Å²) in [6.07, 6.45) is 12.4. The Balaban J connectivity index is 0.00000200. The summed E-state index contributed by atoms with van der Waals surface area (Å²) in [5.74, 6) is 0.510. The number of hydrogen-bond donors (Lipinski definition) is 1. The number of unbranched alkanes of at least 4 members (excludes halogenated alkanes) is 6. The summed E-state index contributed by atoms with van der Waals surface area (Å²) in [4.78, 5) is 8.22. The fraction of sp³-hybridized carbons (Fsp3) is 0.643. The van der Waals surface area contributed by atoms with Crippen LogP contribution in [0.25, 0.3) is 11.0 Å². The summed E-state index contributed by atoms with van der Waals surface area (Å²) in [5.41, 5.74) is 6.63. The number of aryl methyl sites for hydroxylation is 1. The van der Waals surface area contributed by atoms with E-state index in [0.29, 0.717) is 5.82 Å². The molecule has 0 bridgehead atoms. The highest BCUT2D eigenvalue weighted by molar-refractivity contribution is 5.85. The number of fused-ring (bicyclic) bond motifs is 1. The van der Waals surface area contributed by atoms with Crippen molar-refractivity contribution in [3.8, 4) is 0 Å². The number of nitrogens with two attached hydrogens (primary N) is 1. The Morgan fingerprint density at radius 3 is 2.50 bits per heavy atom. The molecular weight excluding hydrogens is 274 g/mol. The summed E-state index contributed by atoms with van der Waals surface area (Å²) in [6.45, 7) is 3.16. The summed E-state index contributed by atoms with van der Waals surface area (Å²) in [6, 6.07) is 0. The smallest absolute Gasteiger partial charge is 0.163 e. The minimum atomic E-state index is 0. The average Bonchev–Trinajstić information content (AvgIpc) is 2.83. The monoisotopic (exact) mass is 297 g/mol. The van der Waals surface area contributed by atoms with Crippen LogP contribution in [0.2, 0.25) is 0 Å². The van der Waals surface area contributed by atoms with Crippen LogP contribution in [0.3, 0.4) is 0 Å². The molecule has 112 valence electrons. The van der Waals surface area contributed by atoms with Gasteiger partial charge in [-0.05, 0) is 6.42 Å². The fourth-order valence-electron chi connectivity index (χ4n) is 2.29. The van der Waals surface area contributed by atoms with Crippen LogP contribution in [0.4, 0.5) is 5.82 Å². The fourth-order valence-corrected chi connectivity index (χ4v) is 2.29. The first-order chi connectivity index (χ1) is 9.33. The van der Waals surface area contributed by atoms with E-state index in [1.807, 2.05) is 4.68 Å². The van der Waals surface area contributed by atoms with Gasteiger partial charge in [0.1, 0.15) is 12.1 Å². The van der Waals surface area contributed by atoms with E-state index in [1.165, 1.54) is 44.9 Å². The van der Waals surface area contributed by atoms with Gasteiger partial charge in [0, 0.05) is 6.54 Å². The molecule has 0 saturated carbocycles. The number of halogens is 1. The molecule has 0 amide bonds. The first kappa shape index (κ1) is 16.7. The van der Waals surface area contributed by atoms with Crippen molar-refractivity contribution in [2.24, 2.45) is 0 Å². The van der Waals surface area contributed by atoms with E-state index in [9.17, 15) is 0 Å². The molecule has 2 heterocycles. The molecule has 0 aliphatic rings. The van der Waals surface area contributed by atoms with Crippen LogP contribution in [0, 0.1) is 0 Å². The van der Waals surface area contributed by atoms with Crippen molar-refractivity contribution in [2.45, 2.75) is 58.4 Å². The maximum absolute atomic E-state index is 5.79. The second kappa shape index (κ2) is 8.74. The zero-order chi connectivity index (χ0) is 13.5. The molecule has 0 fully saturated rings. The van der Waals surface area contributed by atoms with Crippen molar-refractivity contribution in [1.29, 1.82) is 0 Å². The summed E-state index contributed by atoms with van der Waals surface area (Å²) >= 11 is 0. The third-order valence-electron chi connectivity index (χ3n) is 3.44. The number of nitrogen functional groups attached to an aromatic ring is 1. The molecule has 0 aliphatic heterocycles. The van der Waals surface area contributed by atoms with Crippen LogP contribution < -0.4 is 5.73 Å². The Morgan fingerprint density at radius 2 is 1.75 bits per heavy atom. The largest absolute Gasteiger partial charge is 0.383 e. The third kappa shape index (κ3) is 4.34. The van der Waals surface area contributed by atoms with E-state index >= 15 is 0 Å². The van der Waals surface area contributed by atoms with Crippen molar-refractivity contribution >= 4 is 29.3 Å².